The van der Waals surface area contributed by atoms with Gasteiger partial charge in [-0.05, 0) is 50.9 Å². The highest BCUT2D eigenvalue weighted by Crippen LogP contribution is 2.23. The number of carboxylic acids is 1. The molecule has 0 saturated carbocycles. The molecular formula is C15H21ClN2O2. The normalized spacial score (nSPS) is 19.5. The summed E-state index contributed by atoms with van der Waals surface area (Å²) in [5, 5.41) is 12.6. The lowest BCUT2D eigenvalue weighted by atomic mass is 10.1. The number of nitrogens with zero attached hydrogens (tertiary/aromatic N) is 1. The van der Waals surface area contributed by atoms with E-state index >= 15 is 0 Å². The van der Waals surface area contributed by atoms with Gasteiger partial charge in [0.2, 0.25) is 0 Å². The van der Waals surface area contributed by atoms with Crippen LogP contribution in [0.4, 0.5) is 5.69 Å². The molecule has 0 amide bonds. The summed E-state index contributed by atoms with van der Waals surface area (Å²) in [5.41, 5.74) is 1.02. The van der Waals surface area contributed by atoms with Gasteiger partial charge in [-0.1, -0.05) is 11.6 Å². The van der Waals surface area contributed by atoms with Crippen LogP contribution in [0.2, 0.25) is 5.02 Å². The second-order valence-corrected chi connectivity index (χ2v) is 6.03. The van der Waals surface area contributed by atoms with Crippen molar-refractivity contribution in [3.63, 3.8) is 0 Å². The largest absolute Gasteiger partial charge is 0.478 e. The Labute approximate surface area is 124 Å². The fourth-order valence-electron chi connectivity index (χ4n) is 2.56. The van der Waals surface area contributed by atoms with Crippen LogP contribution >= 0.6 is 11.6 Å². The number of halogens is 1. The first-order valence-electron chi connectivity index (χ1n) is 6.98. The van der Waals surface area contributed by atoms with Gasteiger partial charge in [0.15, 0.2) is 0 Å². The minimum absolute atomic E-state index is 0.143. The lowest BCUT2D eigenvalue weighted by Gasteiger charge is -2.20. The zero-order chi connectivity index (χ0) is 14.7. The molecule has 1 atom stereocenters. The Hall–Kier alpha value is -1.26. The summed E-state index contributed by atoms with van der Waals surface area (Å²) in [6, 6.07) is 5.59. The number of aromatic carboxylic acids is 1. The van der Waals surface area contributed by atoms with Crippen LogP contribution in [0.3, 0.4) is 0 Å². The second kappa shape index (κ2) is 6.46. The molecule has 0 spiro atoms. The van der Waals surface area contributed by atoms with Crippen LogP contribution in [0, 0.1) is 5.92 Å². The maximum atomic E-state index is 10.9. The van der Waals surface area contributed by atoms with Crippen LogP contribution in [0.25, 0.3) is 0 Å². The van der Waals surface area contributed by atoms with Crippen LogP contribution < -0.4 is 5.32 Å². The molecule has 0 aliphatic carbocycles. The Bertz CT molecular complexity index is 491. The summed E-state index contributed by atoms with van der Waals surface area (Å²) in [7, 11) is 0. The number of likely N-dealkylation sites (tertiary alicyclic amines) is 1. The minimum atomic E-state index is -0.995. The molecule has 4 nitrogen and oxygen atoms in total. The number of carboxylic acid groups (broad SMARTS) is 1. The van der Waals surface area contributed by atoms with Crippen LogP contribution in [-0.2, 0) is 0 Å². The van der Waals surface area contributed by atoms with Gasteiger partial charge >= 0.3 is 5.97 Å². The van der Waals surface area contributed by atoms with E-state index in [0.29, 0.717) is 12.0 Å². The first kappa shape index (κ1) is 15.1. The number of nitrogens with one attached hydrogen (secondary N) is 1. The smallest absolute Gasteiger partial charge is 0.337 e. The molecule has 2 rings (SSSR count). The van der Waals surface area contributed by atoms with Gasteiger partial charge in [0.25, 0.3) is 0 Å². The van der Waals surface area contributed by atoms with Crippen LogP contribution in [0.1, 0.15) is 30.6 Å². The first-order valence-corrected chi connectivity index (χ1v) is 7.36. The van der Waals surface area contributed by atoms with Crippen molar-refractivity contribution >= 4 is 23.3 Å². The van der Waals surface area contributed by atoms with Crippen molar-refractivity contribution in [3.8, 4) is 0 Å². The molecule has 1 unspecified atom stereocenters. The first-order chi connectivity index (χ1) is 9.47. The van der Waals surface area contributed by atoms with E-state index in [1.807, 2.05) is 0 Å². The third kappa shape index (κ3) is 3.64. The van der Waals surface area contributed by atoms with E-state index in [2.05, 4.69) is 24.1 Å². The van der Waals surface area contributed by atoms with Crippen molar-refractivity contribution in [1.82, 2.24) is 4.90 Å². The number of hydrogen-bond donors (Lipinski definition) is 2. The predicted octanol–water partition coefficient (Wildman–Crippen LogP) is 3.18. The number of benzene rings is 1. The predicted molar refractivity (Wildman–Crippen MR) is 81.7 cm³/mol. The van der Waals surface area contributed by atoms with E-state index in [9.17, 15) is 4.79 Å². The zero-order valence-corrected chi connectivity index (χ0v) is 12.7. The summed E-state index contributed by atoms with van der Waals surface area (Å²) >= 11 is 5.96. The maximum Gasteiger partial charge on any atom is 0.337 e. The van der Waals surface area contributed by atoms with Crippen LogP contribution in [-0.4, -0.2) is 41.7 Å². The van der Waals surface area contributed by atoms with Crippen molar-refractivity contribution in [2.45, 2.75) is 26.3 Å². The van der Waals surface area contributed by atoms with E-state index in [-0.39, 0.29) is 10.6 Å². The Morgan fingerprint density at radius 2 is 2.30 bits per heavy atom. The molecule has 110 valence electrons. The Morgan fingerprint density at radius 1 is 1.55 bits per heavy atom. The monoisotopic (exact) mass is 296 g/mol. The van der Waals surface area contributed by atoms with E-state index in [4.69, 9.17) is 16.7 Å². The minimum Gasteiger partial charge on any atom is -0.478 e. The SMILES string of the molecule is CC(C)N1CCC(CNc2ccc(C(=O)O)c(Cl)c2)C1. The Balaban J connectivity index is 1.89. The third-order valence-corrected chi connectivity index (χ3v) is 4.15. The molecule has 1 saturated heterocycles. The highest BCUT2D eigenvalue weighted by atomic mass is 35.5. The molecule has 0 bridgehead atoms. The van der Waals surface area contributed by atoms with Gasteiger partial charge in [0.05, 0.1) is 10.6 Å². The molecule has 1 aliphatic rings. The van der Waals surface area contributed by atoms with Crippen molar-refractivity contribution < 1.29 is 9.90 Å². The van der Waals surface area contributed by atoms with E-state index in [1.165, 1.54) is 6.42 Å². The van der Waals surface area contributed by atoms with Crippen LogP contribution in [0.15, 0.2) is 18.2 Å². The third-order valence-electron chi connectivity index (χ3n) is 3.84. The molecule has 0 radical (unpaired) electrons. The van der Waals surface area contributed by atoms with Gasteiger partial charge in [-0.3, -0.25) is 0 Å². The molecule has 20 heavy (non-hydrogen) atoms. The molecule has 5 heteroatoms. The lowest BCUT2D eigenvalue weighted by Crippen LogP contribution is -2.29. The van der Waals surface area contributed by atoms with Crippen molar-refractivity contribution in [2.24, 2.45) is 5.92 Å². The molecule has 2 N–H and O–H groups in total. The topological polar surface area (TPSA) is 52.6 Å². The average Bonchev–Trinajstić information content (AvgIpc) is 2.85. The fraction of sp³-hybridized carbons (Fsp3) is 0.533. The molecule has 0 aromatic heterocycles. The second-order valence-electron chi connectivity index (χ2n) is 5.62. The quantitative estimate of drug-likeness (QED) is 0.876. The summed E-state index contributed by atoms with van der Waals surface area (Å²) in [6.07, 6.45) is 1.20. The summed E-state index contributed by atoms with van der Waals surface area (Å²) in [4.78, 5) is 13.4. The molecular weight excluding hydrogens is 276 g/mol. The Kier molecular flexibility index (Phi) is 4.89. The summed E-state index contributed by atoms with van der Waals surface area (Å²) < 4.78 is 0. The molecule has 1 heterocycles. The molecule has 1 aromatic rings. The standard InChI is InChI=1S/C15H21ClN2O2/c1-10(2)18-6-5-11(9-18)8-17-12-3-4-13(15(19)20)14(16)7-12/h3-4,7,10-11,17H,5-6,8-9H2,1-2H3,(H,19,20). The van der Waals surface area contributed by atoms with Crippen molar-refractivity contribution in [1.29, 1.82) is 0 Å². The Morgan fingerprint density at radius 3 is 2.85 bits per heavy atom. The van der Waals surface area contributed by atoms with E-state index in [1.54, 1.807) is 18.2 Å². The lowest BCUT2D eigenvalue weighted by molar-refractivity contribution is 0.0697. The highest BCUT2D eigenvalue weighted by molar-refractivity contribution is 6.33. The zero-order valence-electron chi connectivity index (χ0n) is 11.9. The summed E-state index contributed by atoms with van der Waals surface area (Å²) in [6.45, 7) is 7.61. The van der Waals surface area contributed by atoms with E-state index in [0.717, 1.165) is 25.3 Å². The van der Waals surface area contributed by atoms with Gasteiger partial charge in [-0.2, -0.15) is 0 Å². The average molecular weight is 297 g/mol. The summed E-state index contributed by atoms with van der Waals surface area (Å²) in [5.74, 6) is -0.361. The van der Waals surface area contributed by atoms with Crippen LogP contribution in [0.5, 0.6) is 0 Å². The van der Waals surface area contributed by atoms with E-state index < -0.39 is 5.97 Å². The maximum absolute atomic E-state index is 10.9. The van der Waals surface area contributed by atoms with Gasteiger partial charge in [-0.25, -0.2) is 4.79 Å². The highest BCUT2D eigenvalue weighted by Gasteiger charge is 2.23. The van der Waals surface area contributed by atoms with Gasteiger partial charge < -0.3 is 15.3 Å². The number of rotatable bonds is 5. The number of anilines is 1. The molecule has 1 aromatic carbocycles. The van der Waals surface area contributed by atoms with Gasteiger partial charge in [0.1, 0.15) is 0 Å². The number of hydrogen-bond acceptors (Lipinski definition) is 3. The van der Waals surface area contributed by atoms with Crippen molar-refractivity contribution in [2.75, 3.05) is 25.0 Å². The number of carbonyl (C=O) groups is 1. The molecule has 1 fully saturated rings. The fourth-order valence-corrected chi connectivity index (χ4v) is 2.82. The van der Waals surface area contributed by atoms with Gasteiger partial charge in [-0.15, -0.1) is 0 Å². The molecule has 1 aliphatic heterocycles. The van der Waals surface area contributed by atoms with Gasteiger partial charge in [0, 0.05) is 24.8 Å². The van der Waals surface area contributed by atoms with Crippen molar-refractivity contribution in [3.05, 3.63) is 28.8 Å².